The van der Waals surface area contributed by atoms with Crippen molar-refractivity contribution in [1.82, 2.24) is 0 Å². The van der Waals surface area contributed by atoms with Crippen molar-refractivity contribution >= 4 is 11.9 Å². The van der Waals surface area contributed by atoms with E-state index in [9.17, 15) is 19.8 Å². The number of unbranched alkanes of at least 4 members (excludes halogenated alkanes) is 11. The molecular weight excluding hydrogens is 422 g/mol. The number of phenolic OH excluding ortho intramolecular Hbond substituents is 2. The van der Waals surface area contributed by atoms with Gasteiger partial charge in [-0.05, 0) is 31.0 Å². The lowest BCUT2D eigenvalue weighted by Gasteiger charge is -2.22. The van der Waals surface area contributed by atoms with E-state index in [0.29, 0.717) is 12.2 Å². The largest absolute Gasteiger partial charge is 0.504 e. The summed E-state index contributed by atoms with van der Waals surface area (Å²) < 4.78 is 10.1. The minimum atomic E-state index is -1.39. The quantitative estimate of drug-likeness (QED) is 0.156. The van der Waals surface area contributed by atoms with Crippen LogP contribution in [0.1, 0.15) is 96.5 Å². The average Bonchev–Trinajstić information content (AvgIpc) is 2.77. The van der Waals surface area contributed by atoms with E-state index in [0.717, 1.165) is 19.3 Å². The predicted octanol–water partition coefficient (Wildman–Crippen LogP) is 5.15. The van der Waals surface area contributed by atoms with Crippen LogP contribution in [0, 0.1) is 0 Å². The van der Waals surface area contributed by atoms with Gasteiger partial charge in [0.25, 0.3) is 0 Å². The molecule has 0 saturated carbocycles. The van der Waals surface area contributed by atoms with Gasteiger partial charge in [0.2, 0.25) is 0 Å². The van der Waals surface area contributed by atoms with Gasteiger partial charge in [-0.25, -0.2) is 4.79 Å². The van der Waals surface area contributed by atoms with E-state index in [1.54, 1.807) is 6.07 Å². The minimum absolute atomic E-state index is 0.0770. The molecule has 1 unspecified atom stereocenters. The summed E-state index contributed by atoms with van der Waals surface area (Å²) in [6.45, 7) is 3.56. The van der Waals surface area contributed by atoms with E-state index in [2.05, 4.69) is 6.92 Å². The van der Waals surface area contributed by atoms with Crippen LogP contribution in [0.3, 0.4) is 0 Å². The number of benzene rings is 1. The van der Waals surface area contributed by atoms with Gasteiger partial charge in [0, 0.05) is 6.42 Å². The molecule has 0 aliphatic heterocycles. The molecule has 7 nitrogen and oxygen atoms in total. The molecule has 0 saturated heterocycles. The first-order chi connectivity index (χ1) is 15.8. The molecule has 0 bridgehead atoms. The van der Waals surface area contributed by atoms with Gasteiger partial charge in [0.05, 0.1) is 6.61 Å². The normalized spacial score (nSPS) is 12.8. The van der Waals surface area contributed by atoms with Gasteiger partial charge in [-0.1, -0.05) is 83.6 Å². The Morgan fingerprint density at radius 1 is 0.848 bits per heavy atom. The lowest BCUT2D eigenvalue weighted by molar-refractivity contribution is -0.161. The molecule has 0 amide bonds. The number of aromatic hydroxyl groups is 2. The van der Waals surface area contributed by atoms with Gasteiger partial charge in [-0.15, -0.1) is 0 Å². The zero-order valence-electron chi connectivity index (χ0n) is 20.4. The molecule has 1 aromatic rings. The van der Waals surface area contributed by atoms with Gasteiger partial charge in [0.1, 0.15) is 5.54 Å². The summed E-state index contributed by atoms with van der Waals surface area (Å²) in [6.07, 6.45) is 14.9. The first kappa shape index (κ1) is 28.8. The van der Waals surface area contributed by atoms with Crippen LogP contribution in [0.15, 0.2) is 18.2 Å². The fourth-order valence-corrected chi connectivity index (χ4v) is 3.64. The summed E-state index contributed by atoms with van der Waals surface area (Å²) in [7, 11) is 0. The highest BCUT2D eigenvalue weighted by Gasteiger charge is 2.31. The van der Waals surface area contributed by atoms with Gasteiger partial charge in [-0.2, -0.15) is 0 Å². The second-order valence-electron chi connectivity index (χ2n) is 9.10. The predicted molar refractivity (Wildman–Crippen MR) is 129 cm³/mol. The van der Waals surface area contributed by atoms with Crippen molar-refractivity contribution in [3.8, 4) is 11.5 Å². The monoisotopic (exact) mass is 465 g/mol. The maximum absolute atomic E-state index is 12.2. The topological polar surface area (TPSA) is 119 Å². The lowest BCUT2D eigenvalue weighted by atomic mass is 9.94. The van der Waals surface area contributed by atoms with Crippen LogP contribution < -0.4 is 5.73 Å². The number of rotatable bonds is 18. The Balaban J connectivity index is 2.07. The van der Waals surface area contributed by atoms with Crippen molar-refractivity contribution in [2.45, 2.75) is 103 Å². The van der Waals surface area contributed by atoms with E-state index in [-0.39, 0.29) is 17.9 Å². The van der Waals surface area contributed by atoms with Crippen LogP contribution in [0.5, 0.6) is 11.5 Å². The molecule has 188 valence electrons. The van der Waals surface area contributed by atoms with Crippen molar-refractivity contribution in [3.05, 3.63) is 23.8 Å². The van der Waals surface area contributed by atoms with Gasteiger partial charge >= 0.3 is 11.9 Å². The first-order valence-electron chi connectivity index (χ1n) is 12.4. The van der Waals surface area contributed by atoms with Crippen molar-refractivity contribution in [2.75, 3.05) is 13.2 Å². The molecule has 7 heteroatoms. The van der Waals surface area contributed by atoms with Gasteiger partial charge in [-0.3, -0.25) is 4.79 Å². The molecule has 0 aliphatic carbocycles. The number of nitrogens with two attached hydrogens (primary N) is 1. The van der Waals surface area contributed by atoms with E-state index < -0.39 is 24.1 Å². The number of ether oxygens (including phenoxy) is 2. The van der Waals surface area contributed by atoms with Crippen LogP contribution in [-0.4, -0.2) is 40.9 Å². The van der Waals surface area contributed by atoms with Crippen molar-refractivity contribution < 1.29 is 29.3 Å². The van der Waals surface area contributed by atoms with Crippen LogP contribution in [0.2, 0.25) is 0 Å². The highest BCUT2D eigenvalue weighted by molar-refractivity contribution is 5.83. The molecule has 0 fully saturated rings. The molecular formula is C26H43NO6. The number of hydrogen-bond acceptors (Lipinski definition) is 7. The highest BCUT2D eigenvalue weighted by atomic mass is 16.6. The molecule has 4 N–H and O–H groups in total. The summed E-state index contributed by atoms with van der Waals surface area (Å²) in [5, 5.41) is 18.9. The van der Waals surface area contributed by atoms with Crippen LogP contribution in [0.4, 0.5) is 0 Å². The number of hydrogen-bond donors (Lipinski definition) is 3. The van der Waals surface area contributed by atoms with Gasteiger partial charge < -0.3 is 25.4 Å². The van der Waals surface area contributed by atoms with Gasteiger partial charge in [0.15, 0.2) is 18.1 Å². The molecule has 1 aromatic carbocycles. The Bertz CT molecular complexity index is 704. The first-order valence-corrected chi connectivity index (χ1v) is 12.4. The van der Waals surface area contributed by atoms with E-state index >= 15 is 0 Å². The standard InChI is InChI=1S/C26H43NO6/c1-3-4-5-6-7-8-9-10-11-12-13-14-17-32-24(30)20-33-25(31)26(2,27)19-21-15-16-22(28)23(29)18-21/h15-16,18,28-29H,3-14,17,19-20,27H2,1-2H3. The fraction of sp³-hybridized carbons (Fsp3) is 0.692. The number of phenols is 2. The van der Waals surface area contributed by atoms with Crippen molar-refractivity contribution in [1.29, 1.82) is 0 Å². The van der Waals surface area contributed by atoms with E-state index in [1.807, 2.05) is 0 Å². The summed E-state index contributed by atoms with van der Waals surface area (Å²) >= 11 is 0. The molecule has 0 aliphatic rings. The zero-order valence-corrected chi connectivity index (χ0v) is 20.4. The molecule has 1 rings (SSSR count). The van der Waals surface area contributed by atoms with Crippen LogP contribution in [-0.2, 0) is 25.5 Å². The Labute approximate surface area is 198 Å². The second-order valence-corrected chi connectivity index (χ2v) is 9.10. The third-order valence-corrected chi connectivity index (χ3v) is 5.66. The molecule has 33 heavy (non-hydrogen) atoms. The Hall–Kier alpha value is -2.28. The average molecular weight is 466 g/mol. The zero-order chi connectivity index (χ0) is 24.5. The summed E-state index contributed by atoms with van der Waals surface area (Å²) in [5.41, 5.74) is 5.19. The SMILES string of the molecule is CCCCCCCCCCCCCCOC(=O)COC(=O)C(C)(N)Cc1ccc(O)c(O)c1. The smallest absolute Gasteiger partial charge is 0.344 e. The number of esters is 2. The summed E-state index contributed by atoms with van der Waals surface area (Å²) in [5.74, 6) is -1.88. The number of carbonyl (C=O) groups is 2. The fourth-order valence-electron chi connectivity index (χ4n) is 3.64. The maximum atomic E-state index is 12.2. The summed E-state index contributed by atoms with van der Waals surface area (Å²) in [4.78, 5) is 24.1. The molecule has 0 radical (unpaired) electrons. The van der Waals surface area contributed by atoms with Crippen LogP contribution in [0.25, 0.3) is 0 Å². The Kier molecular flexibility index (Phi) is 14.2. The lowest BCUT2D eigenvalue weighted by Crippen LogP contribution is -2.48. The minimum Gasteiger partial charge on any atom is -0.504 e. The second kappa shape index (κ2) is 16.4. The maximum Gasteiger partial charge on any atom is 0.344 e. The highest BCUT2D eigenvalue weighted by Crippen LogP contribution is 2.26. The number of carbonyl (C=O) groups excluding carboxylic acids is 2. The third kappa shape index (κ3) is 13.1. The molecule has 0 spiro atoms. The third-order valence-electron chi connectivity index (χ3n) is 5.66. The molecule has 0 heterocycles. The van der Waals surface area contributed by atoms with Crippen molar-refractivity contribution in [2.24, 2.45) is 5.73 Å². The van der Waals surface area contributed by atoms with Crippen LogP contribution >= 0.6 is 0 Å². The molecule has 0 aromatic heterocycles. The Morgan fingerprint density at radius 2 is 1.39 bits per heavy atom. The van der Waals surface area contributed by atoms with E-state index in [1.165, 1.54) is 76.8 Å². The van der Waals surface area contributed by atoms with E-state index in [4.69, 9.17) is 15.2 Å². The summed E-state index contributed by atoms with van der Waals surface area (Å²) in [6, 6.07) is 4.20. The molecule has 1 atom stereocenters. The Morgan fingerprint density at radius 3 is 1.94 bits per heavy atom. The van der Waals surface area contributed by atoms with Crippen molar-refractivity contribution in [3.63, 3.8) is 0 Å².